The third-order valence-electron chi connectivity index (χ3n) is 1.89. The number of rotatable bonds is 0. The van der Waals surface area contributed by atoms with Crippen LogP contribution in [0.15, 0.2) is 12.1 Å². The number of nitrogens with one attached hydrogen (secondary N) is 1. The summed E-state index contributed by atoms with van der Waals surface area (Å²) >= 11 is 5.69. The molecule has 0 aromatic carbocycles. The minimum atomic E-state index is -0.0679. The summed E-state index contributed by atoms with van der Waals surface area (Å²) < 4.78 is 0. The summed E-state index contributed by atoms with van der Waals surface area (Å²) in [5.41, 5.74) is 1.37. The van der Waals surface area contributed by atoms with Gasteiger partial charge < -0.3 is 5.32 Å². The SMILES string of the molecule is CC1NC(=O)c2ccc(Cl)nc21. The highest BCUT2D eigenvalue weighted by molar-refractivity contribution is 6.29. The van der Waals surface area contributed by atoms with Gasteiger partial charge in [-0.3, -0.25) is 4.79 Å². The zero-order valence-corrected chi connectivity index (χ0v) is 7.22. The molecule has 1 N–H and O–H groups in total. The molecule has 0 fully saturated rings. The minimum absolute atomic E-state index is 0.0220. The average molecular weight is 183 g/mol. The number of aromatic nitrogens is 1. The van der Waals surface area contributed by atoms with Gasteiger partial charge in [-0.05, 0) is 19.1 Å². The molecule has 1 amide bonds. The first-order valence-corrected chi connectivity index (χ1v) is 4.03. The first-order chi connectivity index (χ1) is 5.68. The quantitative estimate of drug-likeness (QED) is 0.619. The number of amides is 1. The number of nitrogens with zero attached hydrogens (tertiary/aromatic N) is 1. The van der Waals surface area contributed by atoms with E-state index in [9.17, 15) is 4.79 Å². The molecule has 1 aromatic heterocycles. The molecule has 0 aliphatic carbocycles. The highest BCUT2D eigenvalue weighted by atomic mass is 35.5. The zero-order valence-electron chi connectivity index (χ0n) is 6.47. The average Bonchev–Trinajstić information content (AvgIpc) is 2.28. The summed E-state index contributed by atoms with van der Waals surface area (Å²) in [5, 5.41) is 3.18. The first kappa shape index (κ1) is 7.55. The van der Waals surface area contributed by atoms with Gasteiger partial charge in [-0.1, -0.05) is 11.6 Å². The highest BCUT2D eigenvalue weighted by Gasteiger charge is 2.26. The molecule has 2 rings (SSSR count). The third-order valence-corrected chi connectivity index (χ3v) is 2.10. The third kappa shape index (κ3) is 0.975. The number of carbonyl (C=O) groups is 1. The summed E-state index contributed by atoms with van der Waals surface area (Å²) in [6, 6.07) is 3.30. The van der Waals surface area contributed by atoms with Gasteiger partial charge in [-0.2, -0.15) is 0 Å². The van der Waals surface area contributed by atoms with Crippen LogP contribution >= 0.6 is 11.6 Å². The van der Waals surface area contributed by atoms with Crippen molar-refractivity contribution in [3.05, 3.63) is 28.5 Å². The van der Waals surface area contributed by atoms with Crippen LogP contribution in [0, 0.1) is 0 Å². The maximum Gasteiger partial charge on any atom is 0.253 e. The van der Waals surface area contributed by atoms with Crippen molar-refractivity contribution in [3.63, 3.8) is 0 Å². The fraction of sp³-hybridized carbons (Fsp3) is 0.250. The van der Waals surface area contributed by atoms with E-state index in [1.165, 1.54) is 0 Å². The van der Waals surface area contributed by atoms with Gasteiger partial charge in [0.1, 0.15) is 5.15 Å². The standard InChI is InChI=1S/C8H7ClN2O/c1-4-7-5(8(12)10-4)2-3-6(9)11-7/h2-4H,1H3,(H,10,12). The van der Waals surface area contributed by atoms with E-state index in [0.717, 1.165) is 5.69 Å². The molecule has 62 valence electrons. The Hall–Kier alpha value is -1.09. The van der Waals surface area contributed by atoms with Crippen LogP contribution in [0.25, 0.3) is 0 Å². The van der Waals surface area contributed by atoms with Crippen LogP contribution in [0.5, 0.6) is 0 Å². The molecule has 12 heavy (non-hydrogen) atoms. The normalized spacial score (nSPS) is 20.5. The van der Waals surface area contributed by atoms with Crippen LogP contribution in [-0.4, -0.2) is 10.9 Å². The molecule has 1 aliphatic heterocycles. The summed E-state index contributed by atoms with van der Waals surface area (Å²) in [6.45, 7) is 1.88. The van der Waals surface area contributed by atoms with E-state index in [0.29, 0.717) is 10.7 Å². The van der Waals surface area contributed by atoms with Crippen LogP contribution in [0.1, 0.15) is 29.0 Å². The highest BCUT2D eigenvalue weighted by Crippen LogP contribution is 2.23. The Morgan fingerprint density at radius 2 is 2.33 bits per heavy atom. The number of pyridine rings is 1. The Morgan fingerprint density at radius 1 is 1.58 bits per heavy atom. The number of fused-ring (bicyclic) bond motifs is 1. The Balaban J connectivity index is 2.60. The topological polar surface area (TPSA) is 42.0 Å². The van der Waals surface area contributed by atoms with Crippen molar-refractivity contribution in [1.82, 2.24) is 10.3 Å². The van der Waals surface area contributed by atoms with Gasteiger partial charge in [0.25, 0.3) is 5.91 Å². The summed E-state index contributed by atoms with van der Waals surface area (Å²) in [7, 11) is 0. The van der Waals surface area contributed by atoms with Gasteiger partial charge >= 0.3 is 0 Å². The Bertz CT molecular complexity index is 351. The molecule has 1 unspecified atom stereocenters. The molecule has 4 heteroatoms. The molecule has 0 bridgehead atoms. The first-order valence-electron chi connectivity index (χ1n) is 3.66. The number of carbonyl (C=O) groups excluding carboxylic acids is 1. The Labute approximate surface area is 74.8 Å². The van der Waals surface area contributed by atoms with E-state index in [-0.39, 0.29) is 11.9 Å². The van der Waals surface area contributed by atoms with E-state index in [4.69, 9.17) is 11.6 Å². The summed E-state index contributed by atoms with van der Waals surface area (Å²) in [5.74, 6) is -0.0679. The number of hydrogen-bond acceptors (Lipinski definition) is 2. The molecule has 1 aliphatic rings. The van der Waals surface area contributed by atoms with Crippen molar-refractivity contribution in [2.45, 2.75) is 13.0 Å². The van der Waals surface area contributed by atoms with Gasteiger partial charge in [0.15, 0.2) is 0 Å². The predicted molar refractivity (Wildman–Crippen MR) is 45.1 cm³/mol. The van der Waals surface area contributed by atoms with Crippen LogP contribution in [0.4, 0.5) is 0 Å². The van der Waals surface area contributed by atoms with Gasteiger partial charge in [-0.15, -0.1) is 0 Å². The summed E-state index contributed by atoms with van der Waals surface area (Å²) in [6.07, 6.45) is 0. The van der Waals surface area contributed by atoms with Crippen LogP contribution in [-0.2, 0) is 0 Å². The van der Waals surface area contributed by atoms with Gasteiger partial charge in [0, 0.05) is 0 Å². The number of halogens is 1. The lowest BCUT2D eigenvalue weighted by Gasteiger charge is -2.01. The zero-order chi connectivity index (χ0) is 8.72. The molecule has 3 nitrogen and oxygen atoms in total. The minimum Gasteiger partial charge on any atom is -0.344 e. The molecule has 0 saturated heterocycles. The van der Waals surface area contributed by atoms with Crippen molar-refractivity contribution in [3.8, 4) is 0 Å². The number of hydrogen-bond donors (Lipinski definition) is 1. The fourth-order valence-electron chi connectivity index (χ4n) is 1.31. The van der Waals surface area contributed by atoms with E-state index >= 15 is 0 Å². The van der Waals surface area contributed by atoms with Crippen molar-refractivity contribution in [1.29, 1.82) is 0 Å². The van der Waals surface area contributed by atoms with Gasteiger partial charge in [-0.25, -0.2) is 4.98 Å². The van der Waals surface area contributed by atoms with E-state index in [1.54, 1.807) is 12.1 Å². The molecule has 0 saturated carbocycles. The molecule has 2 heterocycles. The summed E-state index contributed by atoms with van der Waals surface area (Å²) in [4.78, 5) is 15.3. The van der Waals surface area contributed by atoms with Crippen molar-refractivity contribution in [2.24, 2.45) is 0 Å². The van der Waals surface area contributed by atoms with Gasteiger partial charge in [0.05, 0.1) is 17.3 Å². The van der Waals surface area contributed by atoms with Gasteiger partial charge in [0.2, 0.25) is 0 Å². The molecule has 0 radical (unpaired) electrons. The lowest BCUT2D eigenvalue weighted by Crippen LogP contribution is -2.16. The molecular formula is C8H7ClN2O. The molecular weight excluding hydrogens is 176 g/mol. The molecule has 1 atom stereocenters. The van der Waals surface area contributed by atoms with Crippen LogP contribution in [0.3, 0.4) is 0 Å². The van der Waals surface area contributed by atoms with Crippen molar-refractivity contribution < 1.29 is 4.79 Å². The fourth-order valence-corrected chi connectivity index (χ4v) is 1.47. The maximum atomic E-state index is 11.2. The maximum absolute atomic E-state index is 11.2. The predicted octanol–water partition coefficient (Wildman–Crippen LogP) is 1.54. The Morgan fingerprint density at radius 3 is 3.08 bits per heavy atom. The largest absolute Gasteiger partial charge is 0.344 e. The molecule has 0 spiro atoms. The lowest BCUT2D eigenvalue weighted by molar-refractivity contribution is 0.0958. The van der Waals surface area contributed by atoms with Crippen molar-refractivity contribution >= 4 is 17.5 Å². The second-order valence-electron chi connectivity index (χ2n) is 2.76. The van der Waals surface area contributed by atoms with Crippen LogP contribution < -0.4 is 5.32 Å². The molecule has 1 aromatic rings. The van der Waals surface area contributed by atoms with E-state index < -0.39 is 0 Å². The second-order valence-corrected chi connectivity index (χ2v) is 3.15. The monoisotopic (exact) mass is 182 g/mol. The Kier molecular flexibility index (Phi) is 1.54. The smallest absolute Gasteiger partial charge is 0.253 e. The van der Waals surface area contributed by atoms with E-state index in [1.807, 2.05) is 6.92 Å². The second kappa shape index (κ2) is 2.45. The van der Waals surface area contributed by atoms with E-state index in [2.05, 4.69) is 10.3 Å². The van der Waals surface area contributed by atoms with Crippen molar-refractivity contribution in [2.75, 3.05) is 0 Å². The van der Waals surface area contributed by atoms with Crippen LogP contribution in [0.2, 0.25) is 5.15 Å². The lowest BCUT2D eigenvalue weighted by atomic mass is 10.2.